The van der Waals surface area contributed by atoms with Crippen LogP contribution in [0.5, 0.6) is 0 Å². The van der Waals surface area contributed by atoms with Gasteiger partial charge in [-0.3, -0.25) is 0 Å². The highest BCUT2D eigenvalue weighted by molar-refractivity contribution is 6.19. The van der Waals surface area contributed by atoms with Crippen LogP contribution in [-0.4, -0.2) is 9.13 Å². The van der Waals surface area contributed by atoms with E-state index in [2.05, 4.69) is 94.1 Å². The summed E-state index contributed by atoms with van der Waals surface area (Å²) in [4.78, 5) is 0. The van der Waals surface area contributed by atoms with Crippen molar-refractivity contribution in [1.82, 2.24) is 9.13 Å². The molecular formula is C36H22N4. The van der Waals surface area contributed by atoms with Crippen molar-refractivity contribution in [3.05, 3.63) is 133 Å². The molecule has 7 rings (SSSR count). The number of rotatable bonds is 4. The van der Waals surface area contributed by atoms with Crippen molar-refractivity contribution in [3.8, 4) is 12.1 Å². The second-order valence-corrected chi connectivity index (χ2v) is 9.63. The minimum absolute atomic E-state index is 0.398. The molecule has 4 nitrogen and oxygen atoms in total. The lowest BCUT2D eigenvalue weighted by molar-refractivity contribution is 1.22. The van der Waals surface area contributed by atoms with E-state index in [1.54, 1.807) is 6.08 Å². The van der Waals surface area contributed by atoms with E-state index in [1.165, 1.54) is 22.2 Å². The maximum atomic E-state index is 10.3. The number of aromatic nitrogens is 2. The minimum Gasteiger partial charge on any atom is -0.315 e. The average Bonchev–Trinajstić information content (AvgIpc) is 3.52. The first-order chi connectivity index (χ1) is 19.8. The van der Waals surface area contributed by atoms with Gasteiger partial charge < -0.3 is 9.13 Å². The molecule has 186 valence electrons. The minimum atomic E-state index is 0.398. The lowest BCUT2D eigenvalue weighted by atomic mass is 10.1. The van der Waals surface area contributed by atoms with Crippen LogP contribution in [-0.2, 0) is 0 Å². The van der Waals surface area contributed by atoms with Gasteiger partial charge in [0.15, 0.2) is 0 Å². The van der Waals surface area contributed by atoms with Gasteiger partial charge in [0.05, 0.1) is 39.4 Å². The summed E-state index contributed by atoms with van der Waals surface area (Å²) in [6.07, 6.45) is 6.99. The number of para-hydroxylation sites is 3. The first-order valence-corrected chi connectivity index (χ1v) is 13.1. The summed E-state index contributed by atoms with van der Waals surface area (Å²) in [6, 6.07) is 42.0. The number of hydrogen-bond acceptors (Lipinski definition) is 2. The molecule has 5 aromatic carbocycles. The van der Waals surface area contributed by atoms with Gasteiger partial charge in [0, 0.05) is 39.2 Å². The van der Waals surface area contributed by atoms with Crippen molar-refractivity contribution < 1.29 is 0 Å². The van der Waals surface area contributed by atoms with Crippen LogP contribution >= 0.6 is 0 Å². The Bertz CT molecular complexity index is 2240. The third-order valence-electron chi connectivity index (χ3n) is 7.52. The molecule has 0 bridgehead atoms. The zero-order valence-corrected chi connectivity index (χ0v) is 21.5. The molecule has 7 aromatic rings. The highest BCUT2D eigenvalue weighted by Gasteiger charge is 2.16. The number of nitrogens with zero attached hydrogens (tertiary/aromatic N) is 4. The third-order valence-corrected chi connectivity index (χ3v) is 7.52. The zero-order valence-electron chi connectivity index (χ0n) is 21.5. The summed E-state index contributed by atoms with van der Waals surface area (Å²) in [5.74, 6) is 0. The van der Waals surface area contributed by atoms with E-state index >= 15 is 0 Å². The number of nitriles is 2. The van der Waals surface area contributed by atoms with E-state index < -0.39 is 0 Å². The van der Waals surface area contributed by atoms with Gasteiger partial charge in [0.25, 0.3) is 0 Å². The van der Waals surface area contributed by atoms with Crippen LogP contribution in [0, 0.1) is 22.7 Å². The second kappa shape index (κ2) is 9.48. The van der Waals surface area contributed by atoms with E-state index in [9.17, 15) is 10.5 Å². The average molecular weight is 511 g/mol. The van der Waals surface area contributed by atoms with Crippen LogP contribution in [0.1, 0.15) is 0 Å². The van der Waals surface area contributed by atoms with Crippen LogP contribution in [0.25, 0.3) is 66.3 Å². The SMILES string of the molecule is N#C/C=C/C(C#N)=C(\C=C\n1c2ccccc2c2ccc3ccccc3c21)n1c2ccccc2c2ccccc21. The topological polar surface area (TPSA) is 57.4 Å². The number of benzene rings is 5. The van der Waals surface area contributed by atoms with E-state index in [4.69, 9.17) is 0 Å². The molecule has 0 saturated carbocycles. The summed E-state index contributed by atoms with van der Waals surface area (Å²) in [6.45, 7) is 0. The fourth-order valence-corrected chi connectivity index (χ4v) is 5.83. The van der Waals surface area contributed by atoms with Gasteiger partial charge >= 0.3 is 0 Å². The Balaban J connectivity index is 1.58. The molecule has 0 spiro atoms. The monoisotopic (exact) mass is 510 g/mol. The van der Waals surface area contributed by atoms with E-state index in [0.29, 0.717) is 11.3 Å². The van der Waals surface area contributed by atoms with Gasteiger partial charge in [-0.25, -0.2) is 0 Å². The van der Waals surface area contributed by atoms with Gasteiger partial charge in [0.2, 0.25) is 0 Å². The van der Waals surface area contributed by atoms with E-state index in [0.717, 1.165) is 38.2 Å². The largest absolute Gasteiger partial charge is 0.315 e. The molecule has 0 N–H and O–H groups in total. The van der Waals surface area contributed by atoms with Gasteiger partial charge in [-0.05, 0) is 35.7 Å². The molecule has 0 fully saturated rings. The Labute approximate surface area is 230 Å². The van der Waals surface area contributed by atoms with E-state index in [-0.39, 0.29) is 0 Å². The quantitative estimate of drug-likeness (QED) is 0.175. The molecule has 2 heterocycles. The second-order valence-electron chi connectivity index (χ2n) is 9.63. The fourth-order valence-electron chi connectivity index (χ4n) is 5.83. The van der Waals surface area contributed by atoms with Crippen molar-refractivity contribution in [1.29, 1.82) is 10.5 Å². The summed E-state index contributed by atoms with van der Waals surface area (Å²) in [5.41, 5.74) is 5.27. The van der Waals surface area contributed by atoms with Crippen LogP contribution in [0.15, 0.2) is 133 Å². The van der Waals surface area contributed by atoms with Gasteiger partial charge in [-0.2, -0.15) is 10.5 Å². The predicted molar refractivity (Wildman–Crippen MR) is 165 cm³/mol. The Kier molecular flexibility index (Phi) is 5.52. The van der Waals surface area contributed by atoms with Crippen molar-refractivity contribution in [2.75, 3.05) is 0 Å². The molecule has 0 unspecified atom stereocenters. The standard InChI is InChI=1S/C36H22N4/c37-22-9-11-26(24-38)32(40-34-17-7-4-13-28(34)29-14-5-8-18-35(29)40)21-23-39-33-16-6-3-15-30(33)31-20-19-25-10-1-2-12-27(25)36(31)39/h1-21,23H/b11-9+,23-21+,32-26-. The van der Waals surface area contributed by atoms with Crippen molar-refractivity contribution >= 4 is 66.3 Å². The van der Waals surface area contributed by atoms with Crippen molar-refractivity contribution in [3.63, 3.8) is 0 Å². The molecular weight excluding hydrogens is 488 g/mol. The molecule has 0 aliphatic heterocycles. The van der Waals surface area contributed by atoms with Gasteiger partial charge in [-0.15, -0.1) is 0 Å². The maximum Gasteiger partial charge on any atom is 0.101 e. The van der Waals surface area contributed by atoms with Crippen LogP contribution in [0.4, 0.5) is 0 Å². The molecule has 0 radical (unpaired) electrons. The van der Waals surface area contributed by atoms with Crippen molar-refractivity contribution in [2.45, 2.75) is 0 Å². The first-order valence-electron chi connectivity index (χ1n) is 13.1. The zero-order chi connectivity index (χ0) is 27.1. The molecule has 0 amide bonds. The lowest BCUT2D eigenvalue weighted by Crippen LogP contribution is -1.99. The number of fused-ring (bicyclic) bond motifs is 8. The predicted octanol–water partition coefficient (Wildman–Crippen LogP) is 9.04. The van der Waals surface area contributed by atoms with Gasteiger partial charge in [0.1, 0.15) is 6.07 Å². The summed E-state index contributed by atoms with van der Waals surface area (Å²) in [7, 11) is 0. The summed E-state index contributed by atoms with van der Waals surface area (Å²) in [5, 5.41) is 26.4. The Morgan fingerprint density at radius 3 is 1.80 bits per heavy atom. The van der Waals surface area contributed by atoms with Crippen molar-refractivity contribution in [2.24, 2.45) is 0 Å². The smallest absolute Gasteiger partial charge is 0.101 e. The molecule has 40 heavy (non-hydrogen) atoms. The molecule has 0 saturated heterocycles. The van der Waals surface area contributed by atoms with E-state index in [1.807, 2.05) is 48.7 Å². The highest BCUT2D eigenvalue weighted by atomic mass is 15.0. The molecule has 0 atom stereocenters. The van der Waals surface area contributed by atoms with Crippen LogP contribution in [0.3, 0.4) is 0 Å². The highest BCUT2D eigenvalue weighted by Crippen LogP contribution is 2.36. The third kappa shape index (κ3) is 3.52. The number of hydrogen-bond donors (Lipinski definition) is 0. The molecule has 0 aliphatic carbocycles. The first kappa shape index (κ1) is 23.3. The van der Waals surface area contributed by atoms with Crippen LogP contribution in [0.2, 0.25) is 0 Å². The maximum absolute atomic E-state index is 10.3. The Morgan fingerprint density at radius 2 is 1.15 bits per heavy atom. The lowest BCUT2D eigenvalue weighted by Gasteiger charge is -2.11. The Morgan fingerprint density at radius 1 is 0.575 bits per heavy atom. The normalized spacial score (nSPS) is 12.7. The molecule has 2 aromatic heterocycles. The molecule has 4 heteroatoms. The fraction of sp³-hybridized carbons (Fsp3) is 0. The van der Waals surface area contributed by atoms with Gasteiger partial charge in [-0.1, -0.05) is 91.0 Å². The van der Waals surface area contributed by atoms with Crippen LogP contribution < -0.4 is 0 Å². The molecule has 0 aliphatic rings. The summed E-state index contributed by atoms with van der Waals surface area (Å²) < 4.78 is 4.33. The summed E-state index contributed by atoms with van der Waals surface area (Å²) >= 11 is 0. The number of allylic oxidation sites excluding steroid dienone is 5. The Hall–Kier alpha value is -5.84.